The third kappa shape index (κ3) is 11.4. The summed E-state index contributed by atoms with van der Waals surface area (Å²) in [7, 11) is -3.68. The Morgan fingerprint density at radius 2 is 1.71 bits per heavy atom. The quantitative estimate of drug-likeness (QED) is 0.266. The molecule has 0 bridgehead atoms. The Balaban J connectivity index is 1.71. The van der Waals surface area contributed by atoms with Crippen molar-refractivity contribution in [3.8, 4) is 5.75 Å². The molecule has 248 valence electrons. The zero-order valence-corrected chi connectivity index (χ0v) is 26.8. The van der Waals surface area contributed by atoms with Crippen LogP contribution in [0.3, 0.4) is 0 Å². The Labute approximate surface area is 264 Å². The molecule has 0 spiro atoms. The number of rotatable bonds is 10. The number of hydrogen-bond donors (Lipinski definition) is 4. The molecule has 5 N–H and O–H groups in total. The molecular weight excluding hydrogens is 637 g/mol. The van der Waals surface area contributed by atoms with E-state index >= 15 is 0 Å². The van der Waals surface area contributed by atoms with Crippen LogP contribution in [0.5, 0.6) is 5.75 Å². The van der Waals surface area contributed by atoms with E-state index in [4.69, 9.17) is 10.5 Å². The van der Waals surface area contributed by atoms with Crippen LogP contribution in [0, 0.1) is 5.92 Å². The maximum atomic E-state index is 13.2. The first-order valence-corrected chi connectivity index (χ1v) is 16.8. The predicted molar refractivity (Wildman–Crippen MR) is 163 cm³/mol. The van der Waals surface area contributed by atoms with Gasteiger partial charge >= 0.3 is 12.5 Å². The maximum absolute atomic E-state index is 13.2. The van der Waals surface area contributed by atoms with Gasteiger partial charge in [-0.15, -0.1) is 24.9 Å². The van der Waals surface area contributed by atoms with Crippen LogP contribution in [0.1, 0.15) is 50.4 Å². The molecule has 0 unspecified atom stereocenters. The summed E-state index contributed by atoms with van der Waals surface area (Å²) in [4.78, 5) is 39.3. The molecule has 0 aliphatic heterocycles. The molecule has 3 atom stereocenters. The number of alkyl halides is 3. The van der Waals surface area contributed by atoms with Crippen LogP contribution in [0.4, 0.5) is 23.7 Å². The minimum absolute atomic E-state index is 0.167. The number of carbonyl (C=O) groups excluding carboxylic acids is 3. The summed E-state index contributed by atoms with van der Waals surface area (Å²) >= 11 is 1.48. The van der Waals surface area contributed by atoms with Crippen LogP contribution in [0.15, 0.2) is 52.3 Å². The number of ether oxygens (including phenoxy) is 2. The van der Waals surface area contributed by atoms with Crippen molar-refractivity contribution in [2.24, 2.45) is 11.7 Å². The van der Waals surface area contributed by atoms with Crippen molar-refractivity contribution in [2.75, 3.05) is 23.9 Å². The average molecular weight is 675 g/mol. The van der Waals surface area contributed by atoms with Gasteiger partial charge in [-0.2, -0.15) is 0 Å². The van der Waals surface area contributed by atoms with Crippen LogP contribution in [0.2, 0.25) is 0 Å². The Hall–Kier alpha value is -3.50. The molecule has 3 rings (SSSR count). The second-order valence-corrected chi connectivity index (χ2v) is 14.4. The fourth-order valence-electron chi connectivity index (χ4n) is 4.75. The van der Waals surface area contributed by atoms with E-state index in [9.17, 15) is 36.0 Å². The van der Waals surface area contributed by atoms with Gasteiger partial charge < -0.3 is 25.8 Å². The molecule has 0 saturated heterocycles. The van der Waals surface area contributed by atoms with Gasteiger partial charge in [0.2, 0.25) is 5.91 Å². The van der Waals surface area contributed by atoms with Gasteiger partial charge in [0.05, 0.1) is 28.4 Å². The van der Waals surface area contributed by atoms with Crippen LogP contribution < -0.4 is 26.4 Å². The van der Waals surface area contributed by atoms with Crippen molar-refractivity contribution in [1.82, 2.24) is 10.6 Å². The first kappa shape index (κ1) is 36.0. The summed E-state index contributed by atoms with van der Waals surface area (Å²) in [5.74, 6) is -3.05. The van der Waals surface area contributed by atoms with Gasteiger partial charge in [-0.05, 0) is 94.7 Å². The smallest absolute Gasteiger partial charge is 0.444 e. The predicted octanol–water partition coefficient (Wildman–Crippen LogP) is 4.47. The van der Waals surface area contributed by atoms with Crippen LogP contribution in [-0.4, -0.2) is 68.9 Å². The summed E-state index contributed by atoms with van der Waals surface area (Å²) in [6.07, 6.45) is -2.80. The third-order valence-electron chi connectivity index (χ3n) is 6.75. The molecule has 2 aromatic rings. The molecule has 3 amide bonds. The largest absolute Gasteiger partial charge is 0.573 e. The molecule has 1 aliphatic rings. The summed E-state index contributed by atoms with van der Waals surface area (Å²) in [6, 6.07) is 8.34. The summed E-state index contributed by atoms with van der Waals surface area (Å²) in [6.45, 7) is 4.19. The lowest BCUT2D eigenvalue weighted by atomic mass is 9.83. The number of benzene rings is 2. The topological polar surface area (TPSA) is 166 Å². The fourth-order valence-corrected chi connectivity index (χ4v) is 6.86. The number of thioether (sulfide) groups is 1. The van der Waals surface area contributed by atoms with E-state index in [1.807, 2.05) is 6.26 Å². The number of nitrogens with two attached hydrogens (primary N) is 1. The van der Waals surface area contributed by atoms with Gasteiger partial charge in [0.25, 0.3) is 5.91 Å². The summed E-state index contributed by atoms with van der Waals surface area (Å²) in [5, 5.41) is 7.38. The van der Waals surface area contributed by atoms with Crippen molar-refractivity contribution in [3.63, 3.8) is 0 Å². The molecule has 45 heavy (non-hydrogen) atoms. The molecular formula is C29H37F3N4O7S2. The van der Waals surface area contributed by atoms with Crippen molar-refractivity contribution in [1.29, 1.82) is 0 Å². The molecule has 0 aromatic heterocycles. The number of sulfone groups is 1. The summed E-state index contributed by atoms with van der Waals surface area (Å²) < 4.78 is 73.8. The number of halogens is 3. The Morgan fingerprint density at radius 1 is 1.04 bits per heavy atom. The average Bonchev–Trinajstić information content (AvgIpc) is 2.92. The van der Waals surface area contributed by atoms with Gasteiger partial charge in [-0.3, -0.25) is 14.9 Å². The van der Waals surface area contributed by atoms with Gasteiger partial charge in [-0.25, -0.2) is 13.2 Å². The van der Waals surface area contributed by atoms with Gasteiger partial charge in [0.15, 0.2) is 9.84 Å². The Morgan fingerprint density at radius 3 is 2.31 bits per heavy atom. The van der Waals surface area contributed by atoms with E-state index in [0.717, 1.165) is 23.1 Å². The van der Waals surface area contributed by atoms with E-state index in [1.54, 1.807) is 45.0 Å². The molecule has 16 heteroatoms. The van der Waals surface area contributed by atoms with Gasteiger partial charge in [0.1, 0.15) is 11.4 Å². The number of nitrogens with one attached hydrogen (secondary N) is 3. The first-order valence-electron chi connectivity index (χ1n) is 13.9. The lowest BCUT2D eigenvalue weighted by Gasteiger charge is -2.35. The summed E-state index contributed by atoms with van der Waals surface area (Å²) in [5.41, 5.74) is 4.60. The fraction of sp³-hybridized carbons (Fsp3) is 0.483. The molecule has 11 nitrogen and oxygen atoms in total. The highest BCUT2D eigenvalue weighted by molar-refractivity contribution is 7.98. The highest BCUT2D eigenvalue weighted by Gasteiger charge is 2.34. The molecule has 1 saturated carbocycles. The van der Waals surface area contributed by atoms with Crippen molar-refractivity contribution in [2.45, 2.75) is 73.9 Å². The van der Waals surface area contributed by atoms with Crippen molar-refractivity contribution < 1.29 is 45.4 Å². The van der Waals surface area contributed by atoms with Gasteiger partial charge in [-0.1, -0.05) is 0 Å². The monoisotopic (exact) mass is 674 g/mol. The van der Waals surface area contributed by atoms with Gasteiger partial charge in [0, 0.05) is 17.0 Å². The highest BCUT2D eigenvalue weighted by atomic mass is 32.2. The van der Waals surface area contributed by atoms with E-state index in [1.165, 1.54) is 11.8 Å². The number of hydrogen-bond acceptors (Lipinski definition) is 9. The second-order valence-electron chi connectivity index (χ2n) is 11.5. The molecule has 1 fully saturated rings. The zero-order chi connectivity index (χ0) is 33.6. The minimum atomic E-state index is -5.04. The zero-order valence-electron chi connectivity index (χ0n) is 25.2. The normalized spacial score (nSPS) is 18.9. The van der Waals surface area contributed by atoms with Crippen molar-refractivity contribution >= 4 is 45.2 Å². The molecule has 0 radical (unpaired) electrons. The standard InChI is InChI=1S/C29H37F3N4O7S2/c1-28(2,3)43-27(39)36-23-12-7-19(42-29(30,31)32)14-22(23)26(38)34-15-25(37)35-24-13-18(33)6-5-17(24)16-45(40,41)21-10-8-20(44-4)9-11-21/h7-12,14,17-18,24H,5-6,13,15-16,33H2,1-4H3,(H,34,38)(H,35,37)(H,36,39)/t17-,18+,24+/m1/s1. The van der Waals surface area contributed by atoms with Crippen LogP contribution >= 0.6 is 11.8 Å². The lowest BCUT2D eigenvalue weighted by molar-refractivity contribution is -0.274. The number of amides is 3. The van der Waals surface area contributed by atoms with E-state index in [2.05, 4.69) is 20.7 Å². The maximum Gasteiger partial charge on any atom is 0.573 e. The number of anilines is 1. The van der Waals surface area contributed by atoms with Crippen molar-refractivity contribution in [3.05, 3.63) is 48.0 Å². The van der Waals surface area contributed by atoms with Crippen LogP contribution in [0.25, 0.3) is 0 Å². The number of carbonyl (C=O) groups is 3. The van der Waals surface area contributed by atoms with E-state index in [0.29, 0.717) is 19.3 Å². The molecule has 0 heterocycles. The third-order valence-corrected chi connectivity index (χ3v) is 9.35. The molecule has 1 aliphatic carbocycles. The second kappa shape index (κ2) is 14.7. The first-order chi connectivity index (χ1) is 20.8. The highest BCUT2D eigenvalue weighted by Crippen LogP contribution is 2.29. The van der Waals surface area contributed by atoms with E-state index < -0.39 is 69.5 Å². The van der Waals surface area contributed by atoms with Crippen LogP contribution in [-0.2, 0) is 19.4 Å². The minimum Gasteiger partial charge on any atom is -0.444 e. The Bertz CT molecular complexity index is 1480. The molecule has 2 aromatic carbocycles. The lowest BCUT2D eigenvalue weighted by Crippen LogP contribution is -2.51. The van der Waals surface area contributed by atoms with E-state index in [-0.39, 0.29) is 22.4 Å². The SMILES string of the molecule is CSc1ccc(S(=O)(=O)C[C@H]2CC[C@H](N)C[C@@H]2NC(=O)CNC(=O)c2cc(OC(F)(F)F)ccc2NC(=O)OC(C)(C)C)cc1. The Kier molecular flexibility index (Phi) is 11.8.